The Morgan fingerprint density at radius 3 is 2.83 bits per heavy atom. The highest BCUT2D eigenvalue weighted by atomic mass is 35.5. The maximum absolute atomic E-state index is 12.6. The number of ether oxygens (including phenoxy) is 1. The number of benzene rings is 1. The van der Waals surface area contributed by atoms with E-state index in [4.69, 9.17) is 16.3 Å². The number of halogens is 1. The Morgan fingerprint density at radius 1 is 1.46 bits per heavy atom. The number of morpholine rings is 1. The van der Waals surface area contributed by atoms with Crippen LogP contribution in [0, 0.1) is 6.92 Å². The predicted molar refractivity (Wildman–Crippen MR) is 90.2 cm³/mol. The van der Waals surface area contributed by atoms with Crippen molar-refractivity contribution >= 4 is 17.5 Å². The molecule has 0 spiro atoms. The van der Waals surface area contributed by atoms with Crippen molar-refractivity contribution in [2.45, 2.75) is 18.9 Å². The van der Waals surface area contributed by atoms with Crippen LogP contribution >= 0.6 is 11.6 Å². The fourth-order valence-electron chi connectivity index (χ4n) is 2.93. The van der Waals surface area contributed by atoms with Gasteiger partial charge in [0.25, 0.3) is 5.91 Å². The van der Waals surface area contributed by atoms with Gasteiger partial charge in [0.15, 0.2) is 0 Å². The standard InChI is InChI=1S/C17H20ClN3O3/c1-12-2-4-13(5-3-12)8-17(11-22)10-21(6-7-24-17)16(23)15-14(18)9-19-20-15/h2-5,9,22H,6-8,10-11H2,1H3,(H,19,20)/t17-/m1/s1. The van der Waals surface area contributed by atoms with Crippen LogP contribution in [0.25, 0.3) is 0 Å². The van der Waals surface area contributed by atoms with Gasteiger partial charge < -0.3 is 14.7 Å². The van der Waals surface area contributed by atoms with Crippen LogP contribution in [0.2, 0.25) is 5.02 Å². The zero-order valence-corrected chi connectivity index (χ0v) is 14.2. The molecule has 0 aliphatic carbocycles. The van der Waals surface area contributed by atoms with Crippen molar-refractivity contribution in [1.29, 1.82) is 0 Å². The number of hydrogen-bond acceptors (Lipinski definition) is 4. The molecule has 0 bridgehead atoms. The summed E-state index contributed by atoms with van der Waals surface area (Å²) >= 11 is 5.98. The summed E-state index contributed by atoms with van der Waals surface area (Å²) in [4.78, 5) is 14.3. The maximum atomic E-state index is 12.6. The number of aliphatic hydroxyl groups is 1. The number of aryl methyl sites for hydroxylation is 1. The van der Waals surface area contributed by atoms with Crippen molar-refractivity contribution in [1.82, 2.24) is 15.1 Å². The van der Waals surface area contributed by atoms with Gasteiger partial charge in [-0.15, -0.1) is 0 Å². The van der Waals surface area contributed by atoms with Crippen LogP contribution in [0.5, 0.6) is 0 Å². The average Bonchev–Trinajstić information content (AvgIpc) is 3.02. The minimum Gasteiger partial charge on any atom is -0.393 e. The van der Waals surface area contributed by atoms with Crippen molar-refractivity contribution < 1.29 is 14.6 Å². The number of nitrogens with one attached hydrogen (secondary N) is 1. The van der Waals surface area contributed by atoms with Gasteiger partial charge in [0, 0.05) is 13.0 Å². The van der Waals surface area contributed by atoms with Crippen LogP contribution in [0.3, 0.4) is 0 Å². The van der Waals surface area contributed by atoms with Gasteiger partial charge in [-0.25, -0.2) is 0 Å². The summed E-state index contributed by atoms with van der Waals surface area (Å²) in [6, 6.07) is 8.08. The van der Waals surface area contributed by atoms with Gasteiger partial charge >= 0.3 is 0 Å². The highest BCUT2D eigenvalue weighted by Crippen LogP contribution is 2.25. The molecule has 1 fully saturated rings. The Morgan fingerprint density at radius 2 is 2.21 bits per heavy atom. The molecule has 7 heteroatoms. The summed E-state index contributed by atoms with van der Waals surface area (Å²) in [6.45, 7) is 2.97. The van der Waals surface area contributed by atoms with E-state index in [-0.39, 0.29) is 18.2 Å². The summed E-state index contributed by atoms with van der Waals surface area (Å²) < 4.78 is 5.87. The van der Waals surface area contributed by atoms with Crippen molar-refractivity contribution in [3.63, 3.8) is 0 Å². The highest BCUT2D eigenvalue weighted by molar-refractivity contribution is 6.33. The first-order valence-corrected chi connectivity index (χ1v) is 8.19. The SMILES string of the molecule is Cc1ccc(C[C@]2(CO)CN(C(=O)c3[nH]ncc3Cl)CCO2)cc1. The fourth-order valence-corrected chi connectivity index (χ4v) is 3.11. The molecule has 0 saturated carbocycles. The minimum atomic E-state index is -0.810. The normalized spacial score (nSPS) is 21.0. The van der Waals surface area contributed by atoms with Crippen LogP contribution in [0.1, 0.15) is 21.6 Å². The quantitative estimate of drug-likeness (QED) is 0.882. The van der Waals surface area contributed by atoms with E-state index in [1.54, 1.807) is 4.90 Å². The van der Waals surface area contributed by atoms with Gasteiger partial charge in [0.1, 0.15) is 11.3 Å². The zero-order chi connectivity index (χ0) is 17.2. The Labute approximate surface area is 145 Å². The van der Waals surface area contributed by atoms with E-state index in [2.05, 4.69) is 10.2 Å². The first-order valence-electron chi connectivity index (χ1n) is 7.81. The third-order valence-corrected chi connectivity index (χ3v) is 4.56. The molecule has 1 aromatic carbocycles. The highest BCUT2D eigenvalue weighted by Gasteiger charge is 2.39. The molecule has 1 aliphatic heterocycles. The molecule has 2 heterocycles. The van der Waals surface area contributed by atoms with E-state index in [0.29, 0.717) is 31.1 Å². The maximum Gasteiger partial charge on any atom is 0.273 e. The predicted octanol–water partition coefficient (Wildman–Crippen LogP) is 1.82. The Hall–Kier alpha value is -1.89. The third-order valence-electron chi connectivity index (χ3n) is 4.28. The second-order valence-electron chi connectivity index (χ2n) is 6.17. The van der Waals surface area contributed by atoms with Gasteiger partial charge in [-0.05, 0) is 12.5 Å². The van der Waals surface area contributed by atoms with Crippen molar-refractivity contribution in [3.8, 4) is 0 Å². The summed E-state index contributed by atoms with van der Waals surface area (Å²) in [5, 5.41) is 16.6. The number of hydrogen-bond donors (Lipinski definition) is 2. The van der Waals surface area contributed by atoms with Gasteiger partial charge in [-0.1, -0.05) is 41.4 Å². The number of carbonyl (C=O) groups excluding carboxylic acids is 1. The van der Waals surface area contributed by atoms with E-state index in [9.17, 15) is 9.90 Å². The first-order chi connectivity index (χ1) is 11.5. The lowest BCUT2D eigenvalue weighted by atomic mass is 9.92. The topological polar surface area (TPSA) is 78.5 Å². The molecule has 0 unspecified atom stereocenters. The van der Waals surface area contributed by atoms with Crippen molar-refractivity contribution in [2.24, 2.45) is 0 Å². The lowest BCUT2D eigenvalue weighted by molar-refractivity contribution is -0.123. The zero-order valence-electron chi connectivity index (χ0n) is 13.5. The van der Waals surface area contributed by atoms with E-state index >= 15 is 0 Å². The molecule has 1 amide bonds. The summed E-state index contributed by atoms with van der Waals surface area (Å²) in [5.41, 5.74) is 1.69. The van der Waals surface area contributed by atoms with Crippen LogP contribution in [0.4, 0.5) is 0 Å². The van der Waals surface area contributed by atoms with Crippen LogP contribution in [-0.4, -0.2) is 58.0 Å². The number of H-pyrrole nitrogens is 1. The number of carbonyl (C=O) groups is 1. The number of aromatic amines is 1. The van der Waals surface area contributed by atoms with E-state index < -0.39 is 5.60 Å². The van der Waals surface area contributed by atoms with E-state index in [1.165, 1.54) is 11.8 Å². The second-order valence-corrected chi connectivity index (χ2v) is 6.58. The molecule has 128 valence electrons. The van der Waals surface area contributed by atoms with Gasteiger partial charge in [-0.2, -0.15) is 5.10 Å². The van der Waals surface area contributed by atoms with Gasteiger partial charge in [-0.3, -0.25) is 9.89 Å². The van der Waals surface area contributed by atoms with Crippen LogP contribution in [-0.2, 0) is 11.2 Å². The fraction of sp³-hybridized carbons (Fsp3) is 0.412. The molecular formula is C17H20ClN3O3. The molecule has 2 N–H and O–H groups in total. The van der Waals surface area contributed by atoms with Gasteiger partial charge in [0.05, 0.1) is 31.0 Å². The molecular weight excluding hydrogens is 330 g/mol. The van der Waals surface area contributed by atoms with Crippen molar-refractivity contribution in [2.75, 3.05) is 26.3 Å². The second kappa shape index (κ2) is 6.93. The Balaban J connectivity index is 1.77. The number of amides is 1. The number of aliphatic hydroxyl groups excluding tert-OH is 1. The van der Waals surface area contributed by atoms with Crippen molar-refractivity contribution in [3.05, 3.63) is 52.3 Å². The molecule has 1 atom stereocenters. The van der Waals surface area contributed by atoms with E-state index in [0.717, 1.165) is 5.56 Å². The number of nitrogens with zero attached hydrogens (tertiary/aromatic N) is 2. The molecule has 1 saturated heterocycles. The number of aromatic nitrogens is 2. The smallest absolute Gasteiger partial charge is 0.273 e. The Bertz CT molecular complexity index is 716. The molecule has 6 nitrogen and oxygen atoms in total. The molecule has 3 rings (SSSR count). The molecule has 0 radical (unpaired) electrons. The molecule has 1 aromatic heterocycles. The summed E-state index contributed by atoms with van der Waals surface area (Å²) in [5.74, 6) is -0.234. The summed E-state index contributed by atoms with van der Waals surface area (Å²) in [6.07, 6.45) is 1.94. The molecule has 24 heavy (non-hydrogen) atoms. The van der Waals surface area contributed by atoms with Crippen LogP contribution in [0.15, 0.2) is 30.5 Å². The largest absolute Gasteiger partial charge is 0.393 e. The lowest BCUT2D eigenvalue weighted by Gasteiger charge is -2.41. The summed E-state index contributed by atoms with van der Waals surface area (Å²) in [7, 11) is 0. The minimum absolute atomic E-state index is 0.165. The average molecular weight is 350 g/mol. The molecule has 1 aliphatic rings. The monoisotopic (exact) mass is 349 g/mol. The Kier molecular flexibility index (Phi) is 4.89. The molecule has 2 aromatic rings. The van der Waals surface area contributed by atoms with Crippen LogP contribution < -0.4 is 0 Å². The number of rotatable bonds is 4. The third kappa shape index (κ3) is 3.45. The van der Waals surface area contributed by atoms with E-state index in [1.807, 2.05) is 31.2 Å². The first kappa shape index (κ1) is 17.0. The lowest BCUT2D eigenvalue weighted by Crippen LogP contribution is -2.56. The van der Waals surface area contributed by atoms with Gasteiger partial charge in [0.2, 0.25) is 0 Å².